The Balaban J connectivity index is 2.36. The van der Waals surface area contributed by atoms with E-state index in [1.54, 1.807) is 6.92 Å². The molecule has 3 N–H and O–H groups in total. The second-order valence-electron chi connectivity index (χ2n) is 2.76. The van der Waals surface area contributed by atoms with Gasteiger partial charge in [-0.15, -0.1) is 0 Å². The predicted molar refractivity (Wildman–Crippen MR) is 42.8 cm³/mol. The normalized spacial score (nSPS) is 43.0. The van der Waals surface area contributed by atoms with Gasteiger partial charge < -0.3 is 24.4 Å². The molecule has 0 aliphatic carbocycles. The highest BCUT2D eigenvalue weighted by atomic mass is 31.1. The summed E-state index contributed by atoms with van der Waals surface area (Å²) in [4.78, 5) is 8.35. The molecule has 0 saturated carbocycles. The summed E-state index contributed by atoms with van der Waals surface area (Å²) in [5, 5.41) is 18.6. The maximum absolute atomic E-state index is 9.32. The SMILES string of the molecule is C[C@@H]1O[C@H](COPO)C(O)[C@@H]1O. The number of hydrogen-bond acceptors (Lipinski definition) is 5. The molecular weight excluding hydrogens is 183 g/mol. The van der Waals surface area contributed by atoms with Gasteiger partial charge >= 0.3 is 0 Å². The second-order valence-corrected chi connectivity index (χ2v) is 3.23. The molecule has 0 radical (unpaired) electrons. The van der Waals surface area contributed by atoms with Crippen molar-refractivity contribution in [3.8, 4) is 0 Å². The Hall–Kier alpha value is 0.230. The summed E-state index contributed by atoms with van der Waals surface area (Å²) in [7, 11) is -0.614. The van der Waals surface area contributed by atoms with E-state index in [4.69, 9.17) is 9.63 Å². The van der Waals surface area contributed by atoms with Gasteiger partial charge in [-0.25, -0.2) is 0 Å². The van der Waals surface area contributed by atoms with E-state index in [-0.39, 0.29) is 12.7 Å². The van der Waals surface area contributed by atoms with Gasteiger partial charge in [0.2, 0.25) is 0 Å². The Kier molecular flexibility index (Phi) is 3.83. The molecule has 0 aromatic rings. The first-order valence-electron chi connectivity index (χ1n) is 3.69. The molecule has 1 fully saturated rings. The lowest BCUT2D eigenvalue weighted by molar-refractivity contribution is -0.00946. The minimum atomic E-state index is -0.920. The van der Waals surface area contributed by atoms with Crippen molar-refractivity contribution in [3.63, 3.8) is 0 Å². The molecule has 0 aromatic carbocycles. The third-order valence-electron chi connectivity index (χ3n) is 1.91. The van der Waals surface area contributed by atoms with Gasteiger partial charge in [0, 0.05) is 0 Å². The summed E-state index contributed by atoms with van der Waals surface area (Å²) in [5.74, 6) is 0. The lowest BCUT2D eigenvalue weighted by Gasteiger charge is -2.13. The zero-order chi connectivity index (χ0) is 9.14. The molecule has 1 rings (SSSR count). The second kappa shape index (κ2) is 4.46. The van der Waals surface area contributed by atoms with Gasteiger partial charge in [0.15, 0.2) is 9.03 Å². The number of rotatable bonds is 3. The van der Waals surface area contributed by atoms with E-state index in [0.29, 0.717) is 0 Å². The van der Waals surface area contributed by atoms with Crippen LogP contribution in [0.1, 0.15) is 6.92 Å². The number of aliphatic hydroxyl groups excluding tert-OH is 2. The van der Waals surface area contributed by atoms with Crippen molar-refractivity contribution < 1.29 is 24.4 Å². The van der Waals surface area contributed by atoms with E-state index in [1.165, 1.54) is 0 Å². The van der Waals surface area contributed by atoms with Crippen molar-refractivity contribution in [2.45, 2.75) is 31.3 Å². The molecule has 72 valence electrons. The summed E-state index contributed by atoms with van der Waals surface area (Å²) in [5.41, 5.74) is 0. The number of ether oxygens (including phenoxy) is 1. The Morgan fingerprint density at radius 2 is 2.08 bits per heavy atom. The summed E-state index contributed by atoms with van der Waals surface area (Å²) in [6, 6.07) is 0. The Morgan fingerprint density at radius 3 is 2.50 bits per heavy atom. The van der Waals surface area contributed by atoms with E-state index >= 15 is 0 Å². The highest BCUT2D eigenvalue weighted by Gasteiger charge is 2.40. The first kappa shape index (κ1) is 10.3. The molecule has 6 heteroatoms. The fraction of sp³-hybridized carbons (Fsp3) is 1.00. The van der Waals surface area contributed by atoms with E-state index in [2.05, 4.69) is 4.52 Å². The van der Waals surface area contributed by atoms with E-state index < -0.39 is 27.3 Å². The zero-order valence-electron chi connectivity index (χ0n) is 6.67. The Bertz CT molecular complexity index is 144. The topological polar surface area (TPSA) is 79.2 Å². The maximum Gasteiger partial charge on any atom is 0.152 e. The van der Waals surface area contributed by atoms with Crippen LogP contribution in [0, 0.1) is 0 Å². The highest BCUT2D eigenvalue weighted by Crippen LogP contribution is 2.22. The van der Waals surface area contributed by atoms with E-state index in [1.807, 2.05) is 0 Å². The lowest BCUT2D eigenvalue weighted by atomic mass is 10.1. The molecule has 0 spiro atoms. The van der Waals surface area contributed by atoms with Crippen LogP contribution < -0.4 is 0 Å². The minimum Gasteiger partial charge on any atom is -0.388 e. The fourth-order valence-electron chi connectivity index (χ4n) is 1.19. The van der Waals surface area contributed by atoms with Crippen molar-refractivity contribution in [2.75, 3.05) is 6.61 Å². The summed E-state index contributed by atoms with van der Waals surface area (Å²) in [6.07, 6.45) is -2.69. The van der Waals surface area contributed by atoms with Gasteiger partial charge in [0.25, 0.3) is 0 Å². The van der Waals surface area contributed by atoms with Crippen LogP contribution in [0.3, 0.4) is 0 Å². The summed E-state index contributed by atoms with van der Waals surface area (Å²) >= 11 is 0. The van der Waals surface area contributed by atoms with Gasteiger partial charge in [0.1, 0.15) is 18.3 Å². The van der Waals surface area contributed by atoms with Gasteiger partial charge in [-0.05, 0) is 6.92 Å². The minimum absolute atomic E-state index is 0.109. The van der Waals surface area contributed by atoms with Crippen molar-refractivity contribution >= 4 is 9.03 Å². The quantitative estimate of drug-likeness (QED) is 0.505. The standard InChI is InChI=1S/C6H13O5P/c1-3-5(7)6(8)4(11-3)2-10-12-9/h3-9,12H,2H2,1H3/t3-,4+,5+,6?/m0/s1. The number of hydrogen-bond donors (Lipinski definition) is 3. The van der Waals surface area contributed by atoms with E-state index in [0.717, 1.165) is 0 Å². The molecule has 1 heterocycles. The largest absolute Gasteiger partial charge is 0.388 e. The van der Waals surface area contributed by atoms with Crippen LogP contribution in [0.25, 0.3) is 0 Å². The van der Waals surface area contributed by atoms with Crippen LogP contribution in [0.15, 0.2) is 0 Å². The predicted octanol–water partition coefficient (Wildman–Crippen LogP) is -0.987. The molecular formula is C6H13O5P. The molecule has 0 amide bonds. The van der Waals surface area contributed by atoms with Crippen LogP contribution >= 0.6 is 9.03 Å². The first-order chi connectivity index (χ1) is 5.66. The van der Waals surface area contributed by atoms with Crippen LogP contribution in [-0.4, -0.2) is 46.1 Å². The van der Waals surface area contributed by atoms with Gasteiger partial charge in [-0.1, -0.05) is 0 Å². The molecule has 0 bridgehead atoms. The average molecular weight is 196 g/mol. The fourth-order valence-corrected chi connectivity index (χ4v) is 1.43. The number of aliphatic hydroxyl groups is 2. The van der Waals surface area contributed by atoms with Gasteiger partial charge in [-0.3, -0.25) is 0 Å². The van der Waals surface area contributed by atoms with Gasteiger partial charge in [-0.2, -0.15) is 0 Å². The van der Waals surface area contributed by atoms with Crippen molar-refractivity contribution in [3.05, 3.63) is 0 Å². The smallest absolute Gasteiger partial charge is 0.152 e. The van der Waals surface area contributed by atoms with Gasteiger partial charge in [0.05, 0.1) is 12.7 Å². The molecule has 5 atom stereocenters. The van der Waals surface area contributed by atoms with Crippen LogP contribution in [0.5, 0.6) is 0 Å². The Labute approximate surface area is 72.3 Å². The zero-order valence-corrected chi connectivity index (χ0v) is 7.67. The highest BCUT2D eigenvalue weighted by molar-refractivity contribution is 7.24. The molecule has 12 heavy (non-hydrogen) atoms. The molecule has 5 nitrogen and oxygen atoms in total. The summed E-state index contributed by atoms with van der Waals surface area (Å²) in [6.45, 7) is 1.78. The van der Waals surface area contributed by atoms with Crippen LogP contribution in [0.2, 0.25) is 0 Å². The van der Waals surface area contributed by atoms with E-state index in [9.17, 15) is 10.2 Å². The lowest BCUT2D eigenvalue weighted by Crippen LogP contribution is -2.33. The van der Waals surface area contributed by atoms with Crippen molar-refractivity contribution in [1.82, 2.24) is 0 Å². The summed E-state index contributed by atoms with van der Waals surface area (Å²) < 4.78 is 9.83. The maximum atomic E-state index is 9.32. The molecule has 2 unspecified atom stereocenters. The monoisotopic (exact) mass is 196 g/mol. The Morgan fingerprint density at radius 1 is 1.42 bits per heavy atom. The average Bonchev–Trinajstić information content (AvgIpc) is 2.30. The van der Waals surface area contributed by atoms with Crippen LogP contribution in [0.4, 0.5) is 0 Å². The van der Waals surface area contributed by atoms with Crippen molar-refractivity contribution in [1.29, 1.82) is 0 Å². The molecule has 1 aliphatic rings. The molecule has 1 aliphatic heterocycles. The van der Waals surface area contributed by atoms with Crippen molar-refractivity contribution in [2.24, 2.45) is 0 Å². The molecule has 0 aromatic heterocycles. The van der Waals surface area contributed by atoms with Crippen LogP contribution in [-0.2, 0) is 9.26 Å². The third kappa shape index (κ3) is 2.13. The third-order valence-corrected chi connectivity index (χ3v) is 2.21. The molecule has 1 saturated heterocycles. The first-order valence-corrected chi connectivity index (χ1v) is 4.55.